The Morgan fingerprint density at radius 1 is 1.26 bits per heavy atom. The molecular formula is C16H24N4O2S. The molecule has 2 fully saturated rings. The van der Waals surface area contributed by atoms with Crippen LogP contribution < -0.4 is 5.32 Å². The zero-order chi connectivity index (χ0) is 16.4. The Labute approximate surface area is 140 Å². The Kier molecular flexibility index (Phi) is 4.94. The summed E-state index contributed by atoms with van der Waals surface area (Å²) in [6.07, 6.45) is 6.44. The van der Waals surface area contributed by atoms with E-state index in [9.17, 15) is 9.59 Å². The van der Waals surface area contributed by atoms with E-state index in [1.807, 2.05) is 13.8 Å². The van der Waals surface area contributed by atoms with Crippen LogP contribution in [0.25, 0.3) is 0 Å². The van der Waals surface area contributed by atoms with Crippen LogP contribution in [-0.4, -0.2) is 39.5 Å². The molecule has 0 aromatic carbocycles. The first kappa shape index (κ1) is 16.4. The van der Waals surface area contributed by atoms with Gasteiger partial charge in [-0.05, 0) is 26.7 Å². The number of anilines is 1. The third kappa shape index (κ3) is 3.71. The summed E-state index contributed by atoms with van der Waals surface area (Å²) in [5, 5.41) is 12.8. The van der Waals surface area contributed by atoms with Crippen molar-refractivity contribution in [3.05, 3.63) is 5.01 Å². The van der Waals surface area contributed by atoms with Gasteiger partial charge >= 0.3 is 0 Å². The standard InChI is InChI=1S/C16H24N4O2S/c1-10(2)20-9-12(8-13(20)21)14(22)17-16-19-18-15(23-16)11-6-4-3-5-7-11/h10-12H,3-9H2,1-2H3,(H,17,19,22)/t12-/m1/s1. The molecule has 1 aliphatic carbocycles. The molecule has 1 N–H and O–H groups in total. The van der Waals surface area contributed by atoms with Crippen molar-refractivity contribution in [2.45, 2.75) is 64.3 Å². The minimum atomic E-state index is -0.285. The van der Waals surface area contributed by atoms with Crippen molar-refractivity contribution < 1.29 is 9.59 Å². The molecule has 2 aliphatic rings. The molecule has 23 heavy (non-hydrogen) atoms. The minimum Gasteiger partial charge on any atom is -0.339 e. The van der Waals surface area contributed by atoms with Crippen LogP contribution in [0.5, 0.6) is 0 Å². The predicted molar refractivity (Wildman–Crippen MR) is 89.3 cm³/mol. The minimum absolute atomic E-state index is 0.0558. The molecule has 126 valence electrons. The lowest BCUT2D eigenvalue weighted by atomic mass is 9.90. The van der Waals surface area contributed by atoms with E-state index in [1.54, 1.807) is 4.90 Å². The fourth-order valence-corrected chi connectivity index (χ4v) is 4.33. The Morgan fingerprint density at radius 2 is 2.00 bits per heavy atom. The molecule has 1 aromatic rings. The second-order valence-electron chi connectivity index (χ2n) is 6.81. The SMILES string of the molecule is CC(C)N1C[C@H](C(=O)Nc2nnc(C3CCCCC3)s2)CC1=O. The maximum Gasteiger partial charge on any atom is 0.231 e. The van der Waals surface area contributed by atoms with Crippen molar-refractivity contribution in [2.24, 2.45) is 5.92 Å². The summed E-state index contributed by atoms with van der Waals surface area (Å²) in [7, 11) is 0. The summed E-state index contributed by atoms with van der Waals surface area (Å²) in [6, 6.07) is 0.139. The number of aromatic nitrogens is 2. The van der Waals surface area contributed by atoms with Crippen LogP contribution in [0.1, 0.15) is 63.3 Å². The normalized spacial score (nSPS) is 22.8. The average Bonchev–Trinajstić information content (AvgIpc) is 3.15. The molecule has 1 atom stereocenters. The zero-order valence-corrected chi connectivity index (χ0v) is 14.6. The molecule has 1 saturated heterocycles. The molecular weight excluding hydrogens is 312 g/mol. The van der Waals surface area contributed by atoms with Gasteiger partial charge in [0.15, 0.2) is 0 Å². The lowest BCUT2D eigenvalue weighted by molar-refractivity contribution is -0.129. The van der Waals surface area contributed by atoms with Crippen LogP contribution in [0.4, 0.5) is 5.13 Å². The van der Waals surface area contributed by atoms with Crippen LogP contribution in [-0.2, 0) is 9.59 Å². The monoisotopic (exact) mass is 336 g/mol. The summed E-state index contributed by atoms with van der Waals surface area (Å²) >= 11 is 1.48. The summed E-state index contributed by atoms with van der Waals surface area (Å²) in [6.45, 7) is 4.44. The number of amides is 2. The van der Waals surface area contributed by atoms with Crippen LogP contribution >= 0.6 is 11.3 Å². The van der Waals surface area contributed by atoms with Gasteiger partial charge in [0.2, 0.25) is 16.9 Å². The first-order chi connectivity index (χ1) is 11.0. The molecule has 0 bridgehead atoms. The van der Waals surface area contributed by atoms with E-state index in [0.717, 1.165) is 5.01 Å². The molecule has 0 radical (unpaired) electrons. The summed E-state index contributed by atoms with van der Waals surface area (Å²) in [5.74, 6) is 0.150. The number of nitrogens with zero attached hydrogens (tertiary/aromatic N) is 3. The summed E-state index contributed by atoms with van der Waals surface area (Å²) < 4.78 is 0. The first-order valence-corrected chi connectivity index (χ1v) is 9.30. The molecule has 6 nitrogen and oxygen atoms in total. The highest BCUT2D eigenvalue weighted by Crippen LogP contribution is 2.35. The molecule has 2 amide bonds. The zero-order valence-electron chi connectivity index (χ0n) is 13.7. The number of carbonyl (C=O) groups excluding carboxylic acids is 2. The largest absolute Gasteiger partial charge is 0.339 e. The molecule has 0 unspecified atom stereocenters. The number of rotatable bonds is 4. The van der Waals surface area contributed by atoms with Gasteiger partial charge in [-0.3, -0.25) is 9.59 Å². The van der Waals surface area contributed by atoms with E-state index in [1.165, 1.54) is 43.4 Å². The van der Waals surface area contributed by atoms with Crippen LogP contribution in [0.15, 0.2) is 0 Å². The number of carbonyl (C=O) groups is 2. The smallest absolute Gasteiger partial charge is 0.231 e. The van der Waals surface area contributed by atoms with Crippen molar-refractivity contribution in [1.29, 1.82) is 0 Å². The van der Waals surface area contributed by atoms with Crippen molar-refractivity contribution in [3.63, 3.8) is 0 Å². The third-order valence-corrected chi connectivity index (χ3v) is 5.78. The van der Waals surface area contributed by atoms with Gasteiger partial charge in [-0.15, -0.1) is 10.2 Å². The molecule has 1 saturated carbocycles. The molecule has 2 heterocycles. The summed E-state index contributed by atoms with van der Waals surface area (Å²) in [4.78, 5) is 26.0. The molecule has 1 aliphatic heterocycles. The van der Waals surface area contributed by atoms with Gasteiger partial charge in [-0.2, -0.15) is 0 Å². The molecule has 3 rings (SSSR count). The lowest BCUT2D eigenvalue weighted by Gasteiger charge is -2.20. The quantitative estimate of drug-likeness (QED) is 0.917. The van der Waals surface area contributed by atoms with Gasteiger partial charge < -0.3 is 10.2 Å². The maximum absolute atomic E-state index is 12.4. The van der Waals surface area contributed by atoms with Gasteiger partial charge in [0.1, 0.15) is 5.01 Å². The van der Waals surface area contributed by atoms with E-state index in [-0.39, 0.29) is 30.2 Å². The van der Waals surface area contributed by atoms with Crippen LogP contribution in [0.3, 0.4) is 0 Å². The third-order valence-electron chi connectivity index (χ3n) is 4.78. The lowest BCUT2D eigenvalue weighted by Crippen LogP contribution is -2.33. The second-order valence-corrected chi connectivity index (χ2v) is 7.82. The van der Waals surface area contributed by atoms with Crippen molar-refractivity contribution >= 4 is 28.3 Å². The van der Waals surface area contributed by atoms with E-state index in [4.69, 9.17) is 0 Å². The molecule has 7 heteroatoms. The average molecular weight is 336 g/mol. The highest BCUT2D eigenvalue weighted by atomic mass is 32.1. The van der Waals surface area contributed by atoms with Gasteiger partial charge in [0.25, 0.3) is 0 Å². The highest BCUT2D eigenvalue weighted by molar-refractivity contribution is 7.15. The Morgan fingerprint density at radius 3 is 2.65 bits per heavy atom. The Bertz CT molecular complexity index is 580. The number of likely N-dealkylation sites (tertiary alicyclic amines) is 1. The van der Waals surface area contributed by atoms with Gasteiger partial charge in [0, 0.05) is 24.9 Å². The van der Waals surface area contributed by atoms with E-state index in [0.29, 0.717) is 17.6 Å². The Hall–Kier alpha value is -1.50. The first-order valence-electron chi connectivity index (χ1n) is 8.48. The predicted octanol–water partition coefficient (Wildman–Crippen LogP) is 2.78. The number of nitrogens with one attached hydrogen (secondary N) is 1. The van der Waals surface area contributed by atoms with E-state index >= 15 is 0 Å². The molecule has 0 spiro atoms. The van der Waals surface area contributed by atoms with Crippen molar-refractivity contribution in [1.82, 2.24) is 15.1 Å². The topological polar surface area (TPSA) is 75.2 Å². The van der Waals surface area contributed by atoms with Gasteiger partial charge in [0.05, 0.1) is 5.92 Å². The Balaban J connectivity index is 1.58. The fraction of sp³-hybridized carbons (Fsp3) is 0.750. The second kappa shape index (κ2) is 6.95. The van der Waals surface area contributed by atoms with Crippen molar-refractivity contribution in [2.75, 3.05) is 11.9 Å². The van der Waals surface area contributed by atoms with E-state index < -0.39 is 0 Å². The molecule has 1 aromatic heterocycles. The maximum atomic E-state index is 12.4. The summed E-state index contributed by atoms with van der Waals surface area (Å²) in [5.41, 5.74) is 0. The van der Waals surface area contributed by atoms with Gasteiger partial charge in [-0.1, -0.05) is 30.6 Å². The van der Waals surface area contributed by atoms with Crippen LogP contribution in [0, 0.1) is 5.92 Å². The van der Waals surface area contributed by atoms with Gasteiger partial charge in [-0.25, -0.2) is 0 Å². The van der Waals surface area contributed by atoms with Crippen LogP contribution in [0.2, 0.25) is 0 Å². The fourth-order valence-electron chi connectivity index (χ4n) is 3.41. The number of hydrogen-bond donors (Lipinski definition) is 1. The van der Waals surface area contributed by atoms with E-state index in [2.05, 4.69) is 15.5 Å². The highest BCUT2D eigenvalue weighted by Gasteiger charge is 2.35. The van der Waals surface area contributed by atoms with Crippen molar-refractivity contribution in [3.8, 4) is 0 Å². The number of hydrogen-bond acceptors (Lipinski definition) is 5.